The lowest BCUT2D eigenvalue weighted by Gasteiger charge is -2.03. The van der Waals surface area contributed by atoms with E-state index in [1.165, 1.54) is 5.56 Å². The predicted octanol–water partition coefficient (Wildman–Crippen LogP) is 3.17. The van der Waals surface area contributed by atoms with E-state index in [2.05, 4.69) is 29.4 Å². The van der Waals surface area contributed by atoms with Crippen molar-refractivity contribution in [2.24, 2.45) is 5.73 Å². The molecule has 0 aliphatic rings. The summed E-state index contributed by atoms with van der Waals surface area (Å²) >= 11 is 5.77. The second-order valence-electron chi connectivity index (χ2n) is 4.49. The fraction of sp³-hybridized carbons (Fsp3) is 0.312. The molecule has 20 heavy (non-hydrogen) atoms. The molecule has 0 atom stereocenters. The lowest BCUT2D eigenvalue weighted by Crippen LogP contribution is -2.17. The molecule has 1 aromatic carbocycles. The van der Waals surface area contributed by atoms with Crippen LogP contribution in [0.1, 0.15) is 17.5 Å². The van der Waals surface area contributed by atoms with Gasteiger partial charge in [0.1, 0.15) is 0 Å². The van der Waals surface area contributed by atoms with Crippen molar-refractivity contribution in [1.82, 2.24) is 10.3 Å². The van der Waals surface area contributed by atoms with Gasteiger partial charge in [0.05, 0.1) is 5.02 Å². The zero-order chi connectivity index (χ0) is 14.6. The Kier molecular flexibility index (Phi) is 8.63. The van der Waals surface area contributed by atoms with Crippen molar-refractivity contribution in [3.8, 4) is 0 Å². The lowest BCUT2D eigenvalue weighted by molar-refractivity contribution is 0.654. The van der Waals surface area contributed by atoms with Gasteiger partial charge in [-0.2, -0.15) is 0 Å². The summed E-state index contributed by atoms with van der Waals surface area (Å²) in [5.74, 6) is 0. The predicted molar refractivity (Wildman–Crippen MR) is 85.8 cm³/mol. The van der Waals surface area contributed by atoms with Crippen molar-refractivity contribution in [3.63, 3.8) is 0 Å². The molecule has 0 fully saturated rings. The van der Waals surface area contributed by atoms with Gasteiger partial charge in [0.25, 0.3) is 0 Å². The lowest BCUT2D eigenvalue weighted by atomic mass is 10.2. The Balaban J connectivity index is 0.000000240. The van der Waals surface area contributed by atoms with Gasteiger partial charge >= 0.3 is 0 Å². The molecule has 0 aliphatic carbocycles. The zero-order valence-electron chi connectivity index (χ0n) is 11.8. The third-order valence-corrected chi connectivity index (χ3v) is 2.80. The minimum atomic E-state index is 0.679. The standard InChI is InChI=1S/C9H14ClN3.C7H8/c10-9-4-8(6-13-7-9)5-12-3-1-2-11;1-7-5-3-2-4-6-7/h4,6-7,12H,1-3,5,11H2;2-6H,1H3. The van der Waals surface area contributed by atoms with Gasteiger partial charge in [-0.1, -0.05) is 47.5 Å². The summed E-state index contributed by atoms with van der Waals surface area (Å²) in [5.41, 5.74) is 7.78. The largest absolute Gasteiger partial charge is 0.330 e. The Hall–Kier alpha value is -1.42. The van der Waals surface area contributed by atoms with Crippen molar-refractivity contribution in [1.29, 1.82) is 0 Å². The Labute approximate surface area is 126 Å². The average molecular weight is 292 g/mol. The van der Waals surface area contributed by atoms with Crippen LogP contribution in [0.4, 0.5) is 0 Å². The maximum absolute atomic E-state index is 5.77. The van der Waals surface area contributed by atoms with E-state index in [1.54, 1.807) is 12.4 Å². The van der Waals surface area contributed by atoms with Crippen molar-refractivity contribution in [2.75, 3.05) is 13.1 Å². The zero-order valence-corrected chi connectivity index (χ0v) is 12.6. The molecule has 108 valence electrons. The number of nitrogens with zero attached hydrogens (tertiary/aromatic N) is 1. The van der Waals surface area contributed by atoms with Gasteiger partial charge in [-0.25, -0.2) is 0 Å². The maximum atomic E-state index is 5.77. The van der Waals surface area contributed by atoms with Crippen molar-refractivity contribution < 1.29 is 0 Å². The first-order chi connectivity index (χ1) is 9.72. The van der Waals surface area contributed by atoms with Gasteiger partial charge in [0.2, 0.25) is 0 Å². The molecule has 4 heteroatoms. The van der Waals surface area contributed by atoms with E-state index in [-0.39, 0.29) is 0 Å². The summed E-state index contributed by atoms with van der Waals surface area (Å²) in [7, 11) is 0. The van der Waals surface area contributed by atoms with Crippen LogP contribution in [0.2, 0.25) is 5.02 Å². The van der Waals surface area contributed by atoms with Crippen LogP contribution in [0.25, 0.3) is 0 Å². The van der Waals surface area contributed by atoms with Gasteiger partial charge < -0.3 is 11.1 Å². The quantitative estimate of drug-likeness (QED) is 0.832. The van der Waals surface area contributed by atoms with Crippen LogP contribution >= 0.6 is 11.6 Å². The molecule has 1 heterocycles. The summed E-state index contributed by atoms with van der Waals surface area (Å²) in [6.07, 6.45) is 4.43. The Morgan fingerprint density at radius 1 is 1.20 bits per heavy atom. The number of benzene rings is 1. The Bertz CT molecular complexity index is 474. The van der Waals surface area contributed by atoms with Gasteiger partial charge in [-0.05, 0) is 38.1 Å². The smallest absolute Gasteiger partial charge is 0.0592 e. The van der Waals surface area contributed by atoms with Crippen LogP contribution < -0.4 is 11.1 Å². The minimum Gasteiger partial charge on any atom is -0.330 e. The van der Waals surface area contributed by atoms with Crippen LogP contribution in [0.15, 0.2) is 48.8 Å². The van der Waals surface area contributed by atoms with Crippen molar-refractivity contribution >= 4 is 11.6 Å². The highest BCUT2D eigenvalue weighted by molar-refractivity contribution is 6.30. The number of rotatable bonds is 5. The third-order valence-electron chi connectivity index (χ3n) is 2.59. The van der Waals surface area contributed by atoms with Crippen LogP contribution in [-0.4, -0.2) is 18.1 Å². The first kappa shape index (κ1) is 16.6. The van der Waals surface area contributed by atoms with E-state index in [0.717, 1.165) is 31.6 Å². The number of nitrogens with one attached hydrogen (secondary N) is 1. The fourth-order valence-electron chi connectivity index (χ4n) is 1.55. The van der Waals surface area contributed by atoms with Crippen molar-refractivity contribution in [2.45, 2.75) is 19.9 Å². The number of hydrogen-bond donors (Lipinski definition) is 2. The molecule has 0 unspecified atom stereocenters. The first-order valence-electron chi connectivity index (χ1n) is 6.74. The maximum Gasteiger partial charge on any atom is 0.0592 e. The van der Waals surface area contributed by atoms with Crippen LogP contribution in [0, 0.1) is 6.92 Å². The molecule has 1 aromatic heterocycles. The first-order valence-corrected chi connectivity index (χ1v) is 7.12. The number of pyridine rings is 1. The van der Waals surface area contributed by atoms with E-state index < -0.39 is 0 Å². The molecule has 3 N–H and O–H groups in total. The molecule has 0 aliphatic heterocycles. The molecule has 0 saturated carbocycles. The third kappa shape index (κ3) is 7.89. The molecule has 0 saturated heterocycles. The van der Waals surface area contributed by atoms with E-state index in [1.807, 2.05) is 24.3 Å². The van der Waals surface area contributed by atoms with E-state index in [0.29, 0.717) is 5.02 Å². The highest BCUT2D eigenvalue weighted by Gasteiger charge is 1.93. The number of aryl methyl sites for hydroxylation is 1. The van der Waals surface area contributed by atoms with Crippen LogP contribution in [0.5, 0.6) is 0 Å². The average Bonchev–Trinajstić information content (AvgIpc) is 2.45. The second kappa shape index (κ2) is 10.4. The SMILES string of the molecule is Cc1ccccc1.NCCCNCc1cncc(Cl)c1. The molecule has 2 rings (SSSR count). The summed E-state index contributed by atoms with van der Waals surface area (Å²) in [6, 6.07) is 12.2. The van der Waals surface area contributed by atoms with E-state index >= 15 is 0 Å². The molecular formula is C16H22ClN3. The number of halogens is 1. The second-order valence-corrected chi connectivity index (χ2v) is 4.92. The number of aromatic nitrogens is 1. The molecular weight excluding hydrogens is 270 g/mol. The Morgan fingerprint density at radius 3 is 2.50 bits per heavy atom. The monoisotopic (exact) mass is 291 g/mol. The molecule has 0 radical (unpaired) electrons. The van der Waals surface area contributed by atoms with E-state index in [4.69, 9.17) is 17.3 Å². The number of nitrogens with two attached hydrogens (primary N) is 1. The molecule has 0 spiro atoms. The highest BCUT2D eigenvalue weighted by atomic mass is 35.5. The van der Waals surface area contributed by atoms with Crippen LogP contribution in [0.3, 0.4) is 0 Å². The summed E-state index contributed by atoms with van der Waals surface area (Å²) < 4.78 is 0. The fourth-order valence-corrected chi connectivity index (χ4v) is 1.74. The minimum absolute atomic E-state index is 0.679. The summed E-state index contributed by atoms with van der Waals surface area (Å²) in [4.78, 5) is 3.99. The number of hydrogen-bond acceptors (Lipinski definition) is 3. The van der Waals surface area contributed by atoms with Crippen molar-refractivity contribution in [3.05, 3.63) is 64.9 Å². The summed E-state index contributed by atoms with van der Waals surface area (Å²) in [5, 5.41) is 3.93. The van der Waals surface area contributed by atoms with Crippen LogP contribution in [-0.2, 0) is 6.54 Å². The van der Waals surface area contributed by atoms with Gasteiger partial charge in [0.15, 0.2) is 0 Å². The van der Waals surface area contributed by atoms with E-state index in [9.17, 15) is 0 Å². The van der Waals surface area contributed by atoms with Gasteiger partial charge in [-0.15, -0.1) is 0 Å². The normalized spacial score (nSPS) is 9.75. The van der Waals surface area contributed by atoms with Gasteiger partial charge in [-0.3, -0.25) is 4.98 Å². The molecule has 0 bridgehead atoms. The topological polar surface area (TPSA) is 50.9 Å². The Morgan fingerprint density at radius 2 is 1.95 bits per heavy atom. The van der Waals surface area contributed by atoms with Gasteiger partial charge in [0, 0.05) is 18.9 Å². The molecule has 0 amide bonds. The highest BCUT2D eigenvalue weighted by Crippen LogP contribution is 2.07. The molecule has 3 nitrogen and oxygen atoms in total. The summed E-state index contributed by atoms with van der Waals surface area (Å²) in [6.45, 7) is 4.54. The molecule has 2 aromatic rings.